The summed E-state index contributed by atoms with van der Waals surface area (Å²) in [5.41, 5.74) is -2.03. The number of amides is 1. The number of carbonyl (C=O) groups is 2. The van der Waals surface area contributed by atoms with Crippen LogP contribution in [0.1, 0.15) is 47.2 Å². The minimum atomic E-state index is -1.40. The number of aromatic carboxylic acids is 1. The number of nitrogens with zero attached hydrogens (tertiary/aromatic N) is 4. The van der Waals surface area contributed by atoms with Gasteiger partial charge in [-0.05, 0) is 52.0 Å². The molecule has 0 saturated carbocycles. The molecule has 0 radical (unpaired) electrons. The maximum atomic E-state index is 15.4. The van der Waals surface area contributed by atoms with E-state index in [4.69, 9.17) is 4.52 Å². The Balaban J connectivity index is 1.45. The van der Waals surface area contributed by atoms with Gasteiger partial charge in [-0.2, -0.15) is 0 Å². The fraction of sp³-hybridized carbons (Fsp3) is 0.310. The maximum Gasteiger partial charge on any atom is 0.341 e. The van der Waals surface area contributed by atoms with Gasteiger partial charge < -0.3 is 24.0 Å². The maximum absolute atomic E-state index is 15.4. The van der Waals surface area contributed by atoms with Gasteiger partial charge in [-0.15, -0.1) is 0 Å². The Labute approximate surface area is 232 Å². The fourth-order valence-electron chi connectivity index (χ4n) is 5.11. The van der Waals surface area contributed by atoms with Crippen LogP contribution in [0.4, 0.5) is 18.9 Å². The summed E-state index contributed by atoms with van der Waals surface area (Å²) in [5, 5.41) is 13.2. The lowest BCUT2D eigenvalue weighted by Gasteiger charge is -2.36. The summed E-state index contributed by atoms with van der Waals surface area (Å²) >= 11 is 0. The minimum Gasteiger partial charge on any atom is -0.477 e. The van der Waals surface area contributed by atoms with Crippen LogP contribution in [0.3, 0.4) is 0 Å². The number of piperazine rings is 1. The number of carbonyl (C=O) groups excluding carboxylic acids is 1. The highest BCUT2D eigenvalue weighted by Gasteiger charge is 2.32. The number of hydrogen-bond donors (Lipinski definition) is 1. The van der Waals surface area contributed by atoms with Crippen LogP contribution in [0.15, 0.2) is 45.8 Å². The lowest BCUT2D eigenvalue weighted by molar-refractivity contribution is 0.0692. The van der Waals surface area contributed by atoms with Crippen LogP contribution in [-0.2, 0) is 5.54 Å². The van der Waals surface area contributed by atoms with Gasteiger partial charge >= 0.3 is 5.97 Å². The molecule has 214 valence electrons. The predicted octanol–water partition coefficient (Wildman–Crippen LogP) is 4.80. The molecule has 3 heterocycles. The van der Waals surface area contributed by atoms with Crippen molar-refractivity contribution in [3.63, 3.8) is 0 Å². The van der Waals surface area contributed by atoms with Gasteiger partial charge in [0.2, 0.25) is 5.43 Å². The number of anilines is 1. The zero-order chi connectivity index (χ0) is 29.8. The third-order valence-corrected chi connectivity index (χ3v) is 7.21. The molecule has 1 aliphatic rings. The molecule has 9 nitrogen and oxygen atoms in total. The number of hydrogen-bond acceptors (Lipinski definition) is 6. The normalized spacial score (nSPS) is 14.1. The molecule has 0 unspecified atom stereocenters. The summed E-state index contributed by atoms with van der Waals surface area (Å²) < 4.78 is 51.1. The van der Waals surface area contributed by atoms with Gasteiger partial charge in [-0.1, -0.05) is 11.2 Å². The molecule has 0 spiro atoms. The van der Waals surface area contributed by atoms with Gasteiger partial charge in [0.1, 0.15) is 40.0 Å². The molecule has 5 rings (SSSR count). The van der Waals surface area contributed by atoms with Gasteiger partial charge in [0.15, 0.2) is 0 Å². The van der Waals surface area contributed by atoms with E-state index >= 15 is 4.39 Å². The number of carboxylic acids is 1. The minimum absolute atomic E-state index is 0.0503. The number of halogens is 3. The van der Waals surface area contributed by atoms with Crippen molar-refractivity contribution in [2.75, 3.05) is 31.1 Å². The molecule has 12 heteroatoms. The van der Waals surface area contributed by atoms with Gasteiger partial charge in [-0.3, -0.25) is 9.59 Å². The van der Waals surface area contributed by atoms with Crippen LogP contribution in [0.2, 0.25) is 0 Å². The Morgan fingerprint density at radius 2 is 1.63 bits per heavy atom. The second-order valence-corrected chi connectivity index (χ2v) is 10.9. The topological polar surface area (TPSA) is 109 Å². The van der Waals surface area contributed by atoms with Crippen molar-refractivity contribution in [2.24, 2.45) is 0 Å². The number of benzene rings is 2. The molecule has 2 aromatic carbocycles. The van der Waals surface area contributed by atoms with Gasteiger partial charge in [-0.25, -0.2) is 18.0 Å². The Kier molecular flexibility index (Phi) is 6.88. The summed E-state index contributed by atoms with van der Waals surface area (Å²) in [5.74, 6) is -4.28. The first-order valence-electron chi connectivity index (χ1n) is 12.9. The molecule has 2 aromatic heterocycles. The summed E-state index contributed by atoms with van der Waals surface area (Å²) in [7, 11) is 0. The van der Waals surface area contributed by atoms with Crippen molar-refractivity contribution in [1.29, 1.82) is 0 Å². The summed E-state index contributed by atoms with van der Waals surface area (Å²) in [6.07, 6.45) is 1.27. The van der Waals surface area contributed by atoms with E-state index in [1.165, 1.54) is 30.2 Å². The van der Waals surface area contributed by atoms with Crippen LogP contribution in [0.25, 0.3) is 22.2 Å². The first-order valence-corrected chi connectivity index (χ1v) is 12.9. The molecule has 1 aliphatic heterocycles. The van der Waals surface area contributed by atoms with Crippen molar-refractivity contribution < 1.29 is 32.4 Å². The lowest BCUT2D eigenvalue weighted by atomic mass is 10.0. The highest BCUT2D eigenvalue weighted by Crippen LogP contribution is 2.32. The zero-order valence-electron chi connectivity index (χ0n) is 22.8. The van der Waals surface area contributed by atoms with Crippen LogP contribution in [0.5, 0.6) is 0 Å². The summed E-state index contributed by atoms with van der Waals surface area (Å²) in [6, 6.07) is 5.91. The predicted molar refractivity (Wildman–Crippen MR) is 145 cm³/mol. The monoisotopic (exact) mass is 568 g/mol. The second kappa shape index (κ2) is 10.1. The molecule has 4 aromatic rings. The van der Waals surface area contributed by atoms with Crippen molar-refractivity contribution in [2.45, 2.75) is 33.2 Å². The van der Waals surface area contributed by atoms with Crippen LogP contribution in [0, 0.1) is 24.4 Å². The van der Waals surface area contributed by atoms with E-state index in [-0.39, 0.29) is 54.3 Å². The van der Waals surface area contributed by atoms with Crippen LogP contribution >= 0.6 is 0 Å². The van der Waals surface area contributed by atoms with Gasteiger partial charge in [0, 0.05) is 43.3 Å². The van der Waals surface area contributed by atoms with E-state index in [9.17, 15) is 28.3 Å². The van der Waals surface area contributed by atoms with E-state index in [2.05, 4.69) is 5.16 Å². The smallest absolute Gasteiger partial charge is 0.341 e. The van der Waals surface area contributed by atoms with Crippen molar-refractivity contribution in [3.8, 4) is 11.3 Å². The molecule has 0 aliphatic carbocycles. The molecule has 1 fully saturated rings. The summed E-state index contributed by atoms with van der Waals surface area (Å²) in [6.45, 7) is 7.74. The fourth-order valence-corrected chi connectivity index (χ4v) is 5.11. The number of rotatable bonds is 4. The zero-order valence-corrected chi connectivity index (χ0v) is 22.8. The van der Waals surface area contributed by atoms with Gasteiger partial charge in [0.05, 0.1) is 16.8 Å². The first-order chi connectivity index (χ1) is 19.3. The Morgan fingerprint density at radius 1 is 1.00 bits per heavy atom. The second-order valence-electron chi connectivity index (χ2n) is 10.9. The molecular formula is C29H27F3N4O5. The van der Waals surface area contributed by atoms with E-state index in [1.54, 1.807) is 9.47 Å². The number of carboxylic acid groups (broad SMARTS) is 1. The Morgan fingerprint density at radius 3 is 2.22 bits per heavy atom. The largest absolute Gasteiger partial charge is 0.477 e. The Bertz CT molecular complexity index is 1740. The molecule has 0 atom stereocenters. The van der Waals surface area contributed by atoms with Crippen molar-refractivity contribution in [1.82, 2.24) is 14.6 Å². The van der Waals surface area contributed by atoms with Gasteiger partial charge in [0.25, 0.3) is 5.91 Å². The quantitative estimate of drug-likeness (QED) is 0.377. The van der Waals surface area contributed by atoms with Crippen molar-refractivity contribution in [3.05, 3.63) is 81.1 Å². The molecule has 1 saturated heterocycles. The molecule has 1 N–H and O–H groups in total. The SMILES string of the molecule is Cc1onc(-c2c(F)cccc2F)c1C(=O)N1CCN(c2cc3c(cc2F)c(=O)c(C(=O)O)cn3C(C)(C)C)CC1. The number of fused-ring (bicyclic) bond motifs is 1. The summed E-state index contributed by atoms with van der Waals surface area (Å²) in [4.78, 5) is 41.2. The average molecular weight is 569 g/mol. The highest BCUT2D eigenvalue weighted by molar-refractivity contribution is 6.01. The van der Waals surface area contributed by atoms with Crippen molar-refractivity contribution >= 4 is 28.5 Å². The third kappa shape index (κ3) is 4.83. The van der Waals surface area contributed by atoms with Crippen LogP contribution in [-0.4, -0.2) is 57.8 Å². The average Bonchev–Trinajstić information content (AvgIpc) is 3.28. The molecule has 0 bridgehead atoms. The first kappa shape index (κ1) is 27.9. The van der Waals surface area contributed by atoms with E-state index in [1.807, 2.05) is 20.8 Å². The molecule has 1 amide bonds. The standard InChI is InChI=1S/C29H27F3N4O5/c1-15-23(25(33-41-15)24-18(30)6-5-7-19(24)31)27(38)35-10-8-34(9-11-35)22-13-21-16(12-20(22)32)26(37)17(28(39)40)14-36(21)29(2,3)4/h5-7,12-14H,8-11H2,1-4H3,(H,39,40). The number of aryl methyl sites for hydroxylation is 1. The Hall–Kier alpha value is -4.61. The molecular weight excluding hydrogens is 541 g/mol. The van der Waals surface area contributed by atoms with E-state index < -0.39 is 51.4 Å². The van der Waals surface area contributed by atoms with E-state index in [0.717, 1.165) is 18.2 Å². The third-order valence-electron chi connectivity index (χ3n) is 7.21. The van der Waals surface area contributed by atoms with Crippen LogP contribution < -0.4 is 10.3 Å². The van der Waals surface area contributed by atoms with E-state index in [0.29, 0.717) is 5.52 Å². The number of aromatic nitrogens is 2. The highest BCUT2D eigenvalue weighted by atomic mass is 19.1. The molecule has 41 heavy (non-hydrogen) atoms. The lowest BCUT2D eigenvalue weighted by Crippen LogP contribution is -2.49. The number of pyridine rings is 1.